The Balaban J connectivity index is 2.13. The summed E-state index contributed by atoms with van der Waals surface area (Å²) in [7, 11) is 0. The summed E-state index contributed by atoms with van der Waals surface area (Å²) in [6.45, 7) is 0. The highest BCUT2D eigenvalue weighted by Crippen LogP contribution is 2.20. The van der Waals surface area contributed by atoms with E-state index in [9.17, 15) is 8.78 Å². The van der Waals surface area contributed by atoms with Gasteiger partial charge in [0.1, 0.15) is 11.6 Å². The van der Waals surface area contributed by atoms with Crippen LogP contribution in [-0.4, -0.2) is 6.04 Å². The molecule has 0 fully saturated rings. The van der Waals surface area contributed by atoms with E-state index in [-0.39, 0.29) is 17.7 Å². The van der Waals surface area contributed by atoms with Crippen LogP contribution in [-0.2, 0) is 12.8 Å². The smallest absolute Gasteiger partial charge is 0.126 e. The molecule has 1 atom stereocenters. The van der Waals surface area contributed by atoms with Crippen molar-refractivity contribution in [3.05, 3.63) is 69.7 Å². The van der Waals surface area contributed by atoms with Crippen LogP contribution in [0.3, 0.4) is 0 Å². The van der Waals surface area contributed by atoms with Crippen LogP contribution in [0.1, 0.15) is 11.1 Å². The van der Waals surface area contributed by atoms with Gasteiger partial charge in [0.25, 0.3) is 0 Å². The highest BCUT2D eigenvalue weighted by Gasteiger charge is 2.13. The molecule has 0 saturated carbocycles. The molecule has 0 aliphatic heterocycles. The Morgan fingerprint density at radius 1 is 1.05 bits per heavy atom. The maximum Gasteiger partial charge on any atom is 0.126 e. The van der Waals surface area contributed by atoms with Crippen LogP contribution in [0.2, 0.25) is 0 Å². The first-order chi connectivity index (χ1) is 9.60. The summed E-state index contributed by atoms with van der Waals surface area (Å²) >= 11 is 3.38. The molecule has 0 radical (unpaired) electrons. The number of hydrazine groups is 1. The lowest BCUT2D eigenvalue weighted by Crippen LogP contribution is -2.38. The molecule has 2 rings (SSSR count). The standard InChI is InChI=1S/C15H15BrF2N2/c16-14-6-5-12(17)7-11(14)9-13(20-19)8-10-3-1-2-4-15(10)18/h1-7,13,20H,8-9,19H2. The minimum absolute atomic E-state index is 0.176. The van der Waals surface area contributed by atoms with Gasteiger partial charge in [-0.3, -0.25) is 11.3 Å². The first kappa shape index (κ1) is 15.1. The predicted octanol–water partition coefficient (Wildman–Crippen LogP) is 3.34. The summed E-state index contributed by atoms with van der Waals surface area (Å²) in [6, 6.07) is 10.9. The summed E-state index contributed by atoms with van der Waals surface area (Å²) < 4.78 is 27.7. The van der Waals surface area contributed by atoms with Crippen molar-refractivity contribution in [3.63, 3.8) is 0 Å². The van der Waals surface area contributed by atoms with E-state index in [0.717, 1.165) is 10.0 Å². The average molecular weight is 341 g/mol. The molecular weight excluding hydrogens is 326 g/mol. The highest BCUT2D eigenvalue weighted by molar-refractivity contribution is 9.10. The van der Waals surface area contributed by atoms with E-state index in [1.807, 2.05) is 0 Å². The SMILES string of the molecule is NNC(Cc1ccccc1F)Cc1cc(F)ccc1Br. The van der Waals surface area contributed by atoms with E-state index >= 15 is 0 Å². The predicted molar refractivity (Wildman–Crippen MR) is 79.0 cm³/mol. The molecule has 0 aliphatic carbocycles. The summed E-state index contributed by atoms with van der Waals surface area (Å²) in [5.74, 6) is 4.97. The summed E-state index contributed by atoms with van der Waals surface area (Å²) in [6.07, 6.45) is 0.940. The van der Waals surface area contributed by atoms with Crippen LogP contribution >= 0.6 is 15.9 Å². The molecule has 0 aromatic heterocycles. The molecule has 3 N–H and O–H groups in total. The normalized spacial score (nSPS) is 12.4. The molecule has 20 heavy (non-hydrogen) atoms. The third kappa shape index (κ3) is 3.85. The second kappa shape index (κ2) is 6.92. The molecule has 2 aromatic rings. The lowest BCUT2D eigenvalue weighted by molar-refractivity contribution is 0.504. The van der Waals surface area contributed by atoms with Crippen LogP contribution < -0.4 is 11.3 Å². The second-order valence-electron chi connectivity index (χ2n) is 4.60. The van der Waals surface area contributed by atoms with Gasteiger partial charge >= 0.3 is 0 Å². The first-order valence-electron chi connectivity index (χ1n) is 6.23. The Morgan fingerprint density at radius 3 is 2.45 bits per heavy atom. The molecular formula is C15H15BrF2N2. The minimum Gasteiger partial charge on any atom is -0.271 e. The number of halogens is 3. The summed E-state index contributed by atoms with van der Waals surface area (Å²) in [4.78, 5) is 0. The van der Waals surface area contributed by atoms with Gasteiger partial charge in [0.2, 0.25) is 0 Å². The second-order valence-corrected chi connectivity index (χ2v) is 5.45. The van der Waals surface area contributed by atoms with E-state index in [2.05, 4.69) is 21.4 Å². The fourth-order valence-corrected chi connectivity index (χ4v) is 2.49. The van der Waals surface area contributed by atoms with Gasteiger partial charge in [-0.25, -0.2) is 8.78 Å². The number of nitrogens with one attached hydrogen (secondary N) is 1. The first-order valence-corrected chi connectivity index (χ1v) is 7.03. The molecule has 5 heteroatoms. The van der Waals surface area contributed by atoms with Gasteiger partial charge in [0.05, 0.1) is 0 Å². The molecule has 2 nitrogen and oxygen atoms in total. The van der Waals surface area contributed by atoms with E-state index in [1.165, 1.54) is 18.2 Å². The van der Waals surface area contributed by atoms with Crippen molar-refractivity contribution >= 4 is 15.9 Å². The topological polar surface area (TPSA) is 38.0 Å². The van der Waals surface area contributed by atoms with Crippen LogP contribution in [0.5, 0.6) is 0 Å². The van der Waals surface area contributed by atoms with Gasteiger partial charge in [0, 0.05) is 10.5 Å². The largest absolute Gasteiger partial charge is 0.271 e. The van der Waals surface area contributed by atoms with Crippen molar-refractivity contribution in [1.82, 2.24) is 5.43 Å². The van der Waals surface area contributed by atoms with Crippen LogP contribution in [0.25, 0.3) is 0 Å². The van der Waals surface area contributed by atoms with Crippen molar-refractivity contribution in [3.8, 4) is 0 Å². The fourth-order valence-electron chi connectivity index (χ4n) is 2.08. The van der Waals surface area contributed by atoms with Gasteiger partial charge in [-0.05, 0) is 48.2 Å². The average Bonchev–Trinajstić information content (AvgIpc) is 2.44. The van der Waals surface area contributed by atoms with E-state index in [4.69, 9.17) is 5.84 Å². The van der Waals surface area contributed by atoms with Crippen LogP contribution in [0.15, 0.2) is 46.9 Å². The number of benzene rings is 2. The van der Waals surface area contributed by atoms with Crippen molar-refractivity contribution in [1.29, 1.82) is 0 Å². The maximum absolute atomic E-state index is 13.6. The van der Waals surface area contributed by atoms with E-state index in [0.29, 0.717) is 18.4 Å². The molecule has 0 aliphatic rings. The Kier molecular flexibility index (Phi) is 5.23. The number of hydrogen-bond donors (Lipinski definition) is 2. The third-order valence-electron chi connectivity index (χ3n) is 3.13. The zero-order valence-corrected chi connectivity index (χ0v) is 12.3. The number of rotatable bonds is 5. The van der Waals surface area contributed by atoms with Gasteiger partial charge < -0.3 is 0 Å². The lowest BCUT2D eigenvalue weighted by atomic mass is 9.99. The maximum atomic E-state index is 13.6. The van der Waals surface area contributed by atoms with Crippen molar-refractivity contribution in [2.24, 2.45) is 5.84 Å². The van der Waals surface area contributed by atoms with E-state index in [1.54, 1.807) is 24.3 Å². The minimum atomic E-state index is -0.301. The van der Waals surface area contributed by atoms with Gasteiger partial charge in [0.15, 0.2) is 0 Å². The Labute approximate surface area is 125 Å². The highest BCUT2D eigenvalue weighted by atomic mass is 79.9. The zero-order valence-electron chi connectivity index (χ0n) is 10.7. The third-order valence-corrected chi connectivity index (χ3v) is 3.91. The summed E-state index contributed by atoms with van der Waals surface area (Å²) in [5, 5.41) is 0. The van der Waals surface area contributed by atoms with Gasteiger partial charge in [-0.2, -0.15) is 0 Å². The van der Waals surface area contributed by atoms with Crippen LogP contribution in [0.4, 0.5) is 8.78 Å². The van der Waals surface area contributed by atoms with E-state index < -0.39 is 0 Å². The molecule has 1 unspecified atom stereocenters. The number of nitrogens with two attached hydrogens (primary N) is 1. The quantitative estimate of drug-likeness (QED) is 0.647. The monoisotopic (exact) mass is 340 g/mol. The Morgan fingerprint density at radius 2 is 1.75 bits per heavy atom. The molecule has 0 amide bonds. The molecule has 0 saturated heterocycles. The molecule has 2 aromatic carbocycles. The molecule has 0 bridgehead atoms. The summed E-state index contributed by atoms with van der Waals surface area (Å²) in [5.41, 5.74) is 4.04. The fraction of sp³-hybridized carbons (Fsp3) is 0.200. The lowest BCUT2D eigenvalue weighted by Gasteiger charge is -2.17. The Bertz CT molecular complexity index is 590. The number of hydrogen-bond acceptors (Lipinski definition) is 2. The van der Waals surface area contributed by atoms with Gasteiger partial charge in [-0.1, -0.05) is 34.1 Å². The Hall–Kier alpha value is -1.30. The molecule has 0 heterocycles. The van der Waals surface area contributed by atoms with Gasteiger partial charge in [-0.15, -0.1) is 0 Å². The zero-order chi connectivity index (χ0) is 14.5. The van der Waals surface area contributed by atoms with Crippen LogP contribution in [0, 0.1) is 11.6 Å². The van der Waals surface area contributed by atoms with Crippen molar-refractivity contribution in [2.45, 2.75) is 18.9 Å². The molecule has 106 valence electrons. The molecule has 0 spiro atoms. The van der Waals surface area contributed by atoms with Crippen molar-refractivity contribution in [2.75, 3.05) is 0 Å². The van der Waals surface area contributed by atoms with Crippen molar-refractivity contribution < 1.29 is 8.78 Å².